The molecule has 6 nitrogen and oxygen atoms in total. The maximum absolute atomic E-state index is 12.5. The molecular weight excluding hydrogens is 340 g/mol. The third-order valence-electron chi connectivity index (χ3n) is 3.98. The highest BCUT2D eigenvalue weighted by Crippen LogP contribution is 2.15. The first-order valence-electron chi connectivity index (χ1n) is 8.55. The third kappa shape index (κ3) is 6.59. The van der Waals surface area contributed by atoms with Gasteiger partial charge in [0.05, 0.1) is 11.4 Å². The predicted octanol–water partition coefficient (Wildman–Crippen LogP) is 2.59. The van der Waals surface area contributed by atoms with Crippen molar-refractivity contribution in [2.24, 2.45) is 0 Å². The van der Waals surface area contributed by atoms with Crippen molar-refractivity contribution in [2.45, 2.75) is 57.4 Å². The lowest BCUT2D eigenvalue weighted by atomic mass is 10.1. The second kappa shape index (κ2) is 9.68. The Morgan fingerprint density at radius 3 is 2.28 bits per heavy atom. The lowest BCUT2D eigenvalue weighted by Crippen LogP contribution is -2.41. The minimum atomic E-state index is -3.77. The monoisotopic (exact) mass is 368 g/mol. The van der Waals surface area contributed by atoms with Crippen LogP contribution in [0.3, 0.4) is 0 Å². The van der Waals surface area contributed by atoms with Gasteiger partial charge < -0.3 is 5.32 Å². The molecule has 25 heavy (non-hydrogen) atoms. The molecule has 0 bridgehead atoms. The van der Waals surface area contributed by atoms with Gasteiger partial charge in [0, 0.05) is 18.7 Å². The lowest BCUT2D eigenvalue weighted by molar-refractivity contribution is -0.121. The quantitative estimate of drug-likeness (QED) is 0.508. The van der Waals surface area contributed by atoms with E-state index in [0.29, 0.717) is 5.56 Å². The number of sulfonamides is 1. The number of ketones is 1. The Labute approximate surface area is 150 Å². The van der Waals surface area contributed by atoms with Crippen molar-refractivity contribution in [1.29, 1.82) is 0 Å². The molecule has 1 unspecified atom stereocenters. The van der Waals surface area contributed by atoms with Gasteiger partial charge >= 0.3 is 0 Å². The van der Waals surface area contributed by atoms with E-state index in [0.717, 1.165) is 30.0 Å². The van der Waals surface area contributed by atoms with Gasteiger partial charge in [-0.3, -0.25) is 9.59 Å². The molecule has 0 radical (unpaired) electrons. The van der Waals surface area contributed by atoms with Crippen LogP contribution in [0, 0.1) is 0 Å². The summed E-state index contributed by atoms with van der Waals surface area (Å²) in [5, 5.41) is 2.83. The molecule has 0 aromatic heterocycles. The fraction of sp³-hybridized carbons (Fsp3) is 0.556. The molecule has 0 saturated carbocycles. The van der Waals surface area contributed by atoms with E-state index in [1.165, 1.54) is 38.2 Å². The topological polar surface area (TPSA) is 83.6 Å². The van der Waals surface area contributed by atoms with E-state index < -0.39 is 10.0 Å². The van der Waals surface area contributed by atoms with Crippen LogP contribution in [0.2, 0.25) is 0 Å². The fourth-order valence-corrected chi connectivity index (χ4v) is 3.55. The second-order valence-corrected chi connectivity index (χ2v) is 8.35. The summed E-state index contributed by atoms with van der Waals surface area (Å²) in [5.74, 6) is -0.454. The van der Waals surface area contributed by atoms with Gasteiger partial charge in [0.15, 0.2) is 5.78 Å². The zero-order valence-corrected chi connectivity index (χ0v) is 16.2. The minimum absolute atomic E-state index is 0.0185. The van der Waals surface area contributed by atoms with Gasteiger partial charge in [0.2, 0.25) is 15.9 Å². The van der Waals surface area contributed by atoms with Crippen LogP contribution >= 0.6 is 0 Å². The van der Waals surface area contributed by atoms with E-state index >= 15 is 0 Å². The average molecular weight is 368 g/mol. The van der Waals surface area contributed by atoms with Crippen LogP contribution in [-0.2, 0) is 14.8 Å². The van der Waals surface area contributed by atoms with Crippen molar-refractivity contribution in [1.82, 2.24) is 9.62 Å². The first-order chi connectivity index (χ1) is 11.7. The van der Waals surface area contributed by atoms with E-state index in [2.05, 4.69) is 12.2 Å². The molecule has 1 rings (SSSR count). The standard InChI is InChI=1S/C18H28N2O4S/c1-5-6-7-8-14(2)19-18(22)13-20(4)25(23,24)17-11-9-16(10-12-17)15(3)21/h9-12,14H,5-8,13H2,1-4H3,(H,19,22). The summed E-state index contributed by atoms with van der Waals surface area (Å²) < 4.78 is 26.0. The van der Waals surface area contributed by atoms with Gasteiger partial charge in [-0.05, 0) is 32.4 Å². The van der Waals surface area contributed by atoms with Crippen LogP contribution in [-0.4, -0.2) is 44.0 Å². The number of nitrogens with one attached hydrogen (secondary N) is 1. The molecule has 0 aliphatic heterocycles. The number of rotatable bonds is 10. The van der Waals surface area contributed by atoms with Crippen molar-refractivity contribution in [3.8, 4) is 0 Å². The number of Topliss-reactive ketones (excluding diaryl/α,β-unsaturated/α-hetero) is 1. The molecular formula is C18H28N2O4S. The van der Waals surface area contributed by atoms with E-state index in [4.69, 9.17) is 0 Å². The first-order valence-corrected chi connectivity index (χ1v) is 9.99. The van der Waals surface area contributed by atoms with E-state index in [9.17, 15) is 18.0 Å². The highest BCUT2D eigenvalue weighted by molar-refractivity contribution is 7.89. The SMILES string of the molecule is CCCCCC(C)NC(=O)CN(C)S(=O)(=O)c1ccc(C(C)=O)cc1. The van der Waals surface area contributed by atoms with E-state index in [1.807, 2.05) is 6.92 Å². The molecule has 0 saturated heterocycles. The Bertz CT molecular complexity index is 684. The highest BCUT2D eigenvalue weighted by Gasteiger charge is 2.23. The Balaban J connectivity index is 2.66. The number of unbranched alkanes of at least 4 members (excludes halogenated alkanes) is 2. The van der Waals surface area contributed by atoms with Crippen molar-refractivity contribution >= 4 is 21.7 Å². The molecule has 1 amide bonds. The number of likely N-dealkylation sites (N-methyl/N-ethyl adjacent to an activating group) is 1. The summed E-state index contributed by atoms with van der Waals surface area (Å²) in [6.07, 6.45) is 4.14. The summed E-state index contributed by atoms with van der Waals surface area (Å²) in [6, 6.07) is 5.73. The van der Waals surface area contributed by atoms with Crippen molar-refractivity contribution in [3.63, 3.8) is 0 Å². The highest BCUT2D eigenvalue weighted by atomic mass is 32.2. The van der Waals surface area contributed by atoms with Crippen molar-refractivity contribution in [3.05, 3.63) is 29.8 Å². The number of carbonyl (C=O) groups is 2. The summed E-state index contributed by atoms with van der Waals surface area (Å²) in [5.41, 5.74) is 0.445. The second-order valence-electron chi connectivity index (χ2n) is 6.31. The molecule has 0 heterocycles. The van der Waals surface area contributed by atoms with Crippen LogP contribution in [0.1, 0.15) is 56.8 Å². The molecule has 0 aliphatic carbocycles. The summed E-state index contributed by atoms with van der Waals surface area (Å²) in [7, 11) is -2.40. The van der Waals surface area contributed by atoms with Crippen LogP contribution in [0.25, 0.3) is 0 Å². The molecule has 0 fully saturated rings. The number of benzene rings is 1. The lowest BCUT2D eigenvalue weighted by Gasteiger charge is -2.19. The van der Waals surface area contributed by atoms with Gasteiger partial charge in [0.25, 0.3) is 0 Å². The number of hydrogen-bond acceptors (Lipinski definition) is 4. The fourth-order valence-electron chi connectivity index (χ4n) is 2.42. The Hall–Kier alpha value is -1.73. The first kappa shape index (κ1) is 21.3. The molecule has 1 aromatic rings. The maximum atomic E-state index is 12.5. The molecule has 7 heteroatoms. The normalized spacial score (nSPS) is 12.8. The summed E-state index contributed by atoms with van der Waals surface area (Å²) in [4.78, 5) is 23.4. The molecule has 1 aromatic carbocycles. The summed E-state index contributed by atoms with van der Waals surface area (Å²) >= 11 is 0. The Morgan fingerprint density at radius 1 is 1.16 bits per heavy atom. The third-order valence-corrected chi connectivity index (χ3v) is 5.80. The van der Waals surface area contributed by atoms with Gasteiger partial charge in [-0.25, -0.2) is 8.42 Å². The zero-order chi connectivity index (χ0) is 19.0. The summed E-state index contributed by atoms with van der Waals surface area (Å²) in [6.45, 7) is 5.21. The van der Waals surface area contributed by atoms with Crippen molar-refractivity contribution in [2.75, 3.05) is 13.6 Å². The molecule has 0 spiro atoms. The van der Waals surface area contributed by atoms with Crippen LogP contribution in [0.15, 0.2) is 29.2 Å². The number of hydrogen-bond donors (Lipinski definition) is 1. The van der Waals surface area contributed by atoms with Crippen molar-refractivity contribution < 1.29 is 18.0 Å². The van der Waals surface area contributed by atoms with Crippen LogP contribution in [0.5, 0.6) is 0 Å². The minimum Gasteiger partial charge on any atom is -0.353 e. The Morgan fingerprint density at radius 2 is 1.76 bits per heavy atom. The molecule has 1 N–H and O–H groups in total. The maximum Gasteiger partial charge on any atom is 0.243 e. The van der Waals surface area contributed by atoms with E-state index in [1.54, 1.807) is 0 Å². The van der Waals surface area contributed by atoms with Crippen LogP contribution in [0.4, 0.5) is 0 Å². The number of carbonyl (C=O) groups excluding carboxylic acids is 2. The number of amides is 1. The van der Waals surface area contributed by atoms with Gasteiger partial charge in [-0.15, -0.1) is 0 Å². The molecule has 140 valence electrons. The van der Waals surface area contributed by atoms with Gasteiger partial charge in [0.1, 0.15) is 0 Å². The number of nitrogens with zero attached hydrogens (tertiary/aromatic N) is 1. The van der Waals surface area contributed by atoms with Crippen LogP contribution < -0.4 is 5.32 Å². The smallest absolute Gasteiger partial charge is 0.243 e. The van der Waals surface area contributed by atoms with E-state index in [-0.39, 0.29) is 29.2 Å². The average Bonchev–Trinajstić information content (AvgIpc) is 2.54. The molecule has 0 aliphatic rings. The predicted molar refractivity (Wildman–Crippen MR) is 98.0 cm³/mol. The van der Waals surface area contributed by atoms with Gasteiger partial charge in [-0.2, -0.15) is 4.31 Å². The zero-order valence-electron chi connectivity index (χ0n) is 15.4. The largest absolute Gasteiger partial charge is 0.353 e. The molecule has 1 atom stereocenters. The van der Waals surface area contributed by atoms with Gasteiger partial charge in [-0.1, -0.05) is 38.3 Å². The Kier molecular flexibility index (Phi) is 8.25.